The van der Waals surface area contributed by atoms with Crippen molar-refractivity contribution in [3.8, 4) is 5.75 Å². The summed E-state index contributed by atoms with van der Waals surface area (Å²) in [5, 5.41) is 2.79. The van der Waals surface area contributed by atoms with Crippen molar-refractivity contribution in [3.05, 3.63) is 59.7 Å². The molecular weight excluding hydrogens is 356 g/mol. The molecule has 0 unspecified atom stereocenters. The van der Waals surface area contributed by atoms with E-state index in [9.17, 15) is 9.59 Å². The molecule has 0 spiro atoms. The van der Waals surface area contributed by atoms with Crippen LogP contribution >= 0.6 is 0 Å². The normalized spacial score (nSPS) is 11.3. The summed E-state index contributed by atoms with van der Waals surface area (Å²) in [4.78, 5) is 24.0. The Kier molecular flexibility index (Phi) is 6.82. The molecule has 0 radical (unpaired) electrons. The van der Waals surface area contributed by atoms with Gasteiger partial charge in [0.25, 0.3) is 0 Å². The largest absolute Gasteiger partial charge is 0.497 e. The van der Waals surface area contributed by atoms with Crippen molar-refractivity contribution >= 4 is 29.3 Å². The van der Waals surface area contributed by atoms with E-state index >= 15 is 0 Å². The number of methoxy groups -OCH3 is 1. The number of hydrogen-bond donors (Lipinski definition) is 2. The van der Waals surface area contributed by atoms with Crippen LogP contribution in [-0.4, -0.2) is 24.6 Å². The van der Waals surface area contributed by atoms with Crippen LogP contribution in [0.2, 0.25) is 0 Å². The smallest absolute Gasteiger partial charge is 0.331 e. The molecule has 0 aliphatic heterocycles. The minimum absolute atomic E-state index is 0.172. The Morgan fingerprint density at radius 3 is 2.36 bits per heavy atom. The minimum Gasteiger partial charge on any atom is -0.497 e. The lowest BCUT2D eigenvalue weighted by Gasteiger charge is -2.17. The number of hydrogen-bond acceptors (Lipinski definition) is 5. The molecule has 1 amide bonds. The van der Waals surface area contributed by atoms with Gasteiger partial charge in [-0.15, -0.1) is 0 Å². The Morgan fingerprint density at radius 1 is 1.11 bits per heavy atom. The molecule has 2 aromatic rings. The van der Waals surface area contributed by atoms with Crippen LogP contribution in [0.15, 0.2) is 48.5 Å². The fourth-order valence-electron chi connectivity index (χ4n) is 2.41. The molecule has 2 aromatic carbocycles. The summed E-state index contributed by atoms with van der Waals surface area (Å²) in [7, 11) is 1.55. The molecule has 28 heavy (non-hydrogen) atoms. The van der Waals surface area contributed by atoms with Gasteiger partial charge in [0.15, 0.2) is 0 Å². The lowest BCUT2D eigenvalue weighted by atomic mass is 10.1. The highest BCUT2D eigenvalue weighted by atomic mass is 16.6. The monoisotopic (exact) mass is 382 g/mol. The quantitative estimate of drug-likeness (QED) is 0.450. The molecule has 0 atom stereocenters. The van der Waals surface area contributed by atoms with Gasteiger partial charge in [-0.2, -0.15) is 0 Å². The van der Waals surface area contributed by atoms with Crippen LogP contribution in [0.4, 0.5) is 11.4 Å². The second kappa shape index (κ2) is 9.08. The van der Waals surface area contributed by atoms with E-state index < -0.39 is 11.6 Å². The first-order chi connectivity index (χ1) is 13.2. The number of nitrogens with one attached hydrogen (secondary N) is 1. The van der Waals surface area contributed by atoms with Crippen LogP contribution in [0.5, 0.6) is 5.75 Å². The summed E-state index contributed by atoms with van der Waals surface area (Å²) in [6.45, 7) is 5.45. The van der Waals surface area contributed by atoms with E-state index in [1.165, 1.54) is 6.08 Å². The predicted molar refractivity (Wildman–Crippen MR) is 111 cm³/mol. The van der Waals surface area contributed by atoms with Crippen LogP contribution in [0.25, 0.3) is 6.08 Å². The summed E-state index contributed by atoms with van der Waals surface area (Å²) < 4.78 is 10.3. The molecule has 148 valence electrons. The first-order valence-electron chi connectivity index (χ1n) is 8.89. The zero-order valence-electron chi connectivity index (χ0n) is 16.6. The fraction of sp³-hybridized carbons (Fsp3) is 0.273. The van der Waals surface area contributed by atoms with Crippen LogP contribution in [0.3, 0.4) is 0 Å². The van der Waals surface area contributed by atoms with Crippen molar-refractivity contribution in [3.63, 3.8) is 0 Å². The van der Waals surface area contributed by atoms with Gasteiger partial charge >= 0.3 is 5.97 Å². The minimum atomic E-state index is -0.522. The zero-order chi connectivity index (χ0) is 20.7. The average Bonchev–Trinajstić information content (AvgIpc) is 2.61. The van der Waals surface area contributed by atoms with Crippen molar-refractivity contribution in [1.29, 1.82) is 0 Å². The predicted octanol–water partition coefficient (Wildman–Crippen LogP) is 3.81. The van der Waals surface area contributed by atoms with E-state index in [1.807, 2.05) is 45.0 Å². The van der Waals surface area contributed by atoms with Crippen LogP contribution in [-0.2, 0) is 20.7 Å². The van der Waals surface area contributed by atoms with Gasteiger partial charge in [0.2, 0.25) is 5.91 Å². The lowest BCUT2D eigenvalue weighted by molar-refractivity contribution is -0.148. The van der Waals surface area contributed by atoms with Crippen LogP contribution in [0, 0.1) is 0 Å². The molecule has 0 aliphatic rings. The van der Waals surface area contributed by atoms with Gasteiger partial charge in [-0.1, -0.05) is 24.3 Å². The number of nitrogen functional groups attached to an aromatic ring is 1. The first kappa shape index (κ1) is 21.0. The van der Waals surface area contributed by atoms with E-state index in [4.69, 9.17) is 15.2 Å². The number of amides is 1. The van der Waals surface area contributed by atoms with Crippen molar-refractivity contribution in [2.24, 2.45) is 0 Å². The number of esters is 1. The molecule has 0 bridgehead atoms. The molecule has 0 aliphatic carbocycles. The number of nitrogens with two attached hydrogens (primary N) is 1. The standard InChI is InChI=1S/C22H26N2O4/c1-22(2,3)28-21(26)12-9-15-5-7-16(8-6-15)13-20(25)24-19-11-10-17(27-4)14-18(19)23/h5-12,14H,13,23H2,1-4H3,(H,24,25)/b12-9+. The highest BCUT2D eigenvalue weighted by Crippen LogP contribution is 2.24. The number of rotatable bonds is 6. The van der Waals surface area contributed by atoms with E-state index in [0.717, 1.165) is 11.1 Å². The molecule has 6 nitrogen and oxygen atoms in total. The maximum atomic E-state index is 12.2. The highest BCUT2D eigenvalue weighted by molar-refractivity contribution is 5.95. The van der Waals surface area contributed by atoms with Crippen molar-refractivity contribution < 1.29 is 19.1 Å². The third kappa shape index (κ3) is 6.79. The third-order valence-electron chi connectivity index (χ3n) is 3.70. The SMILES string of the molecule is COc1ccc(NC(=O)Cc2ccc(/C=C/C(=O)OC(C)(C)C)cc2)c(N)c1. The van der Waals surface area contributed by atoms with Crippen molar-refractivity contribution in [2.75, 3.05) is 18.2 Å². The Hall–Kier alpha value is -3.28. The summed E-state index contributed by atoms with van der Waals surface area (Å²) in [5.74, 6) is 0.0625. The lowest BCUT2D eigenvalue weighted by Crippen LogP contribution is -2.22. The van der Waals surface area contributed by atoms with Gasteiger partial charge < -0.3 is 20.5 Å². The van der Waals surface area contributed by atoms with Gasteiger partial charge in [-0.3, -0.25) is 4.79 Å². The third-order valence-corrected chi connectivity index (χ3v) is 3.70. The zero-order valence-corrected chi connectivity index (χ0v) is 16.6. The molecular formula is C22H26N2O4. The topological polar surface area (TPSA) is 90.6 Å². The second-order valence-electron chi connectivity index (χ2n) is 7.29. The fourth-order valence-corrected chi connectivity index (χ4v) is 2.41. The van der Waals surface area contributed by atoms with Crippen molar-refractivity contribution in [2.45, 2.75) is 32.8 Å². The number of anilines is 2. The molecule has 6 heteroatoms. The van der Waals surface area contributed by atoms with E-state index in [2.05, 4.69) is 5.32 Å². The Labute approximate surface area is 165 Å². The van der Waals surface area contributed by atoms with Gasteiger partial charge in [-0.25, -0.2) is 4.79 Å². The molecule has 0 heterocycles. The van der Waals surface area contributed by atoms with Gasteiger partial charge in [0.05, 0.1) is 24.9 Å². The first-order valence-corrected chi connectivity index (χ1v) is 8.89. The van der Waals surface area contributed by atoms with E-state index in [1.54, 1.807) is 31.4 Å². The summed E-state index contributed by atoms with van der Waals surface area (Å²) in [6.07, 6.45) is 3.27. The molecule has 0 saturated heterocycles. The molecule has 3 N–H and O–H groups in total. The molecule has 2 rings (SSSR count). The Balaban J connectivity index is 1.93. The van der Waals surface area contributed by atoms with Crippen LogP contribution in [0.1, 0.15) is 31.9 Å². The second-order valence-corrected chi connectivity index (χ2v) is 7.29. The summed E-state index contributed by atoms with van der Waals surface area (Å²) in [5.41, 5.74) is 8.07. The van der Waals surface area contributed by atoms with Crippen molar-refractivity contribution in [1.82, 2.24) is 0 Å². The molecule has 0 aromatic heterocycles. The summed E-state index contributed by atoms with van der Waals surface area (Å²) in [6, 6.07) is 12.4. The highest BCUT2D eigenvalue weighted by Gasteiger charge is 2.13. The Morgan fingerprint density at radius 2 is 1.79 bits per heavy atom. The number of carbonyl (C=O) groups is 2. The maximum Gasteiger partial charge on any atom is 0.331 e. The van der Waals surface area contributed by atoms with Gasteiger partial charge in [-0.05, 0) is 50.1 Å². The van der Waals surface area contributed by atoms with Crippen LogP contribution < -0.4 is 15.8 Å². The summed E-state index contributed by atoms with van der Waals surface area (Å²) >= 11 is 0. The molecule has 0 fully saturated rings. The Bertz CT molecular complexity index is 865. The number of benzene rings is 2. The molecule has 0 saturated carbocycles. The number of ether oxygens (including phenoxy) is 2. The maximum absolute atomic E-state index is 12.2. The van der Waals surface area contributed by atoms with E-state index in [-0.39, 0.29) is 12.3 Å². The average molecular weight is 382 g/mol. The van der Waals surface area contributed by atoms with E-state index in [0.29, 0.717) is 17.1 Å². The van der Waals surface area contributed by atoms with Gasteiger partial charge in [0, 0.05) is 12.1 Å². The number of carbonyl (C=O) groups excluding carboxylic acids is 2. The van der Waals surface area contributed by atoms with Gasteiger partial charge in [0.1, 0.15) is 11.4 Å².